The Morgan fingerprint density at radius 2 is 1.22 bits per heavy atom. The first-order chi connectivity index (χ1) is 12.9. The van der Waals surface area contributed by atoms with E-state index in [0.29, 0.717) is 22.1 Å². The molecule has 2 aromatic rings. The molecule has 3 rings (SSSR count). The van der Waals surface area contributed by atoms with Gasteiger partial charge in [0.1, 0.15) is 0 Å². The van der Waals surface area contributed by atoms with E-state index in [-0.39, 0.29) is 0 Å². The van der Waals surface area contributed by atoms with Crippen molar-refractivity contribution in [1.29, 1.82) is 0 Å². The van der Waals surface area contributed by atoms with Gasteiger partial charge in [-0.25, -0.2) is 0 Å². The fraction of sp³-hybridized carbons (Fsp3) is 0.455. The van der Waals surface area contributed by atoms with Crippen LogP contribution in [0.2, 0.25) is 20.1 Å². The van der Waals surface area contributed by atoms with E-state index in [0.717, 1.165) is 35.7 Å². The molecule has 1 aliphatic rings. The Morgan fingerprint density at radius 3 is 1.63 bits per heavy atom. The van der Waals surface area contributed by atoms with E-state index in [1.165, 1.54) is 30.4 Å². The summed E-state index contributed by atoms with van der Waals surface area (Å²) in [7, 11) is 2.27. The molecule has 0 unspecified atom stereocenters. The molecule has 0 aromatic heterocycles. The van der Waals surface area contributed by atoms with E-state index >= 15 is 0 Å². The number of aryl methyl sites for hydroxylation is 2. The number of piperidine rings is 1. The van der Waals surface area contributed by atoms with E-state index in [9.17, 15) is 0 Å². The predicted molar refractivity (Wildman–Crippen MR) is 119 cm³/mol. The zero-order valence-corrected chi connectivity index (χ0v) is 18.6. The predicted octanol–water partition coefficient (Wildman–Crippen LogP) is 7.72. The summed E-state index contributed by atoms with van der Waals surface area (Å²) in [5.41, 5.74) is 2.37. The average molecular weight is 445 g/mol. The van der Waals surface area contributed by atoms with Gasteiger partial charge in [-0.3, -0.25) is 0 Å². The number of halogens is 4. The lowest BCUT2D eigenvalue weighted by Crippen LogP contribution is -2.44. The minimum atomic E-state index is 0.594. The topological polar surface area (TPSA) is 3.24 Å². The Kier molecular flexibility index (Phi) is 7.76. The molecule has 1 saturated heterocycles. The SMILES string of the molecule is CN1[C@@H](CCc2ccc(Cl)cc2Cl)CCC[C@H]1CCc1ccc(Cl)cc1Cl. The summed E-state index contributed by atoms with van der Waals surface area (Å²) in [6, 6.07) is 12.8. The molecule has 5 heteroatoms. The Hall–Kier alpha value is -0.440. The van der Waals surface area contributed by atoms with Crippen molar-refractivity contribution >= 4 is 46.4 Å². The van der Waals surface area contributed by atoms with Gasteiger partial charge in [0.15, 0.2) is 0 Å². The first kappa shape index (κ1) is 21.3. The van der Waals surface area contributed by atoms with Crippen LogP contribution in [-0.2, 0) is 12.8 Å². The van der Waals surface area contributed by atoms with Crippen LogP contribution in [0.4, 0.5) is 0 Å². The largest absolute Gasteiger partial charge is 0.300 e. The van der Waals surface area contributed by atoms with Gasteiger partial charge in [-0.15, -0.1) is 0 Å². The highest BCUT2D eigenvalue weighted by atomic mass is 35.5. The quantitative estimate of drug-likeness (QED) is 0.440. The second kappa shape index (κ2) is 9.85. The highest BCUT2D eigenvalue weighted by Crippen LogP contribution is 2.30. The van der Waals surface area contributed by atoms with E-state index in [2.05, 4.69) is 11.9 Å². The second-order valence-electron chi connectivity index (χ2n) is 7.45. The summed E-state index contributed by atoms with van der Waals surface area (Å²) in [6.45, 7) is 0. The summed E-state index contributed by atoms with van der Waals surface area (Å²) < 4.78 is 0. The third kappa shape index (κ3) is 5.78. The van der Waals surface area contributed by atoms with Crippen LogP contribution in [0, 0.1) is 0 Å². The molecular weight excluding hydrogens is 420 g/mol. The summed E-state index contributed by atoms with van der Waals surface area (Å²) in [5.74, 6) is 0. The standard InChI is InChI=1S/C22H25Cl4N/c1-27-19(11-7-15-5-9-17(23)13-21(15)25)3-2-4-20(27)12-8-16-6-10-18(24)14-22(16)26/h5-6,9-10,13-14,19-20H,2-4,7-8,11-12H2,1H3/t19-,20+. The number of likely N-dealkylation sites (tertiary alicyclic amines) is 1. The van der Waals surface area contributed by atoms with Crippen LogP contribution >= 0.6 is 46.4 Å². The summed E-state index contributed by atoms with van der Waals surface area (Å²) in [4.78, 5) is 2.57. The lowest BCUT2D eigenvalue weighted by atomic mass is 9.89. The molecule has 0 bridgehead atoms. The van der Waals surface area contributed by atoms with Crippen LogP contribution in [0.1, 0.15) is 43.2 Å². The molecule has 1 fully saturated rings. The van der Waals surface area contributed by atoms with Crippen LogP contribution < -0.4 is 0 Å². The number of hydrogen-bond acceptors (Lipinski definition) is 1. The van der Waals surface area contributed by atoms with Crippen LogP contribution in [0.15, 0.2) is 36.4 Å². The van der Waals surface area contributed by atoms with Crippen molar-refractivity contribution in [3.05, 3.63) is 67.6 Å². The Bertz CT molecular complexity index is 713. The fourth-order valence-electron chi connectivity index (χ4n) is 4.08. The van der Waals surface area contributed by atoms with Gasteiger partial charge in [-0.1, -0.05) is 65.0 Å². The maximum atomic E-state index is 6.34. The minimum absolute atomic E-state index is 0.594. The smallest absolute Gasteiger partial charge is 0.0452 e. The summed E-state index contributed by atoms with van der Waals surface area (Å²) >= 11 is 24.7. The first-order valence-corrected chi connectivity index (χ1v) is 11.0. The van der Waals surface area contributed by atoms with Crippen molar-refractivity contribution in [2.45, 2.75) is 57.0 Å². The Balaban J connectivity index is 1.55. The molecule has 2 atom stereocenters. The molecule has 0 amide bonds. The minimum Gasteiger partial charge on any atom is -0.300 e. The molecule has 0 saturated carbocycles. The van der Waals surface area contributed by atoms with Crippen molar-refractivity contribution < 1.29 is 0 Å². The zero-order chi connectivity index (χ0) is 19.4. The van der Waals surface area contributed by atoms with E-state index in [1.54, 1.807) is 0 Å². The lowest BCUT2D eigenvalue weighted by molar-refractivity contribution is 0.103. The van der Waals surface area contributed by atoms with Gasteiger partial charge in [0.2, 0.25) is 0 Å². The van der Waals surface area contributed by atoms with Crippen molar-refractivity contribution in [2.24, 2.45) is 0 Å². The number of rotatable bonds is 6. The molecule has 0 spiro atoms. The van der Waals surface area contributed by atoms with E-state index in [4.69, 9.17) is 46.4 Å². The molecule has 1 aliphatic heterocycles. The normalized spacial score (nSPS) is 20.8. The highest BCUT2D eigenvalue weighted by molar-refractivity contribution is 6.35. The van der Waals surface area contributed by atoms with Crippen molar-refractivity contribution in [3.63, 3.8) is 0 Å². The highest BCUT2D eigenvalue weighted by Gasteiger charge is 2.27. The molecule has 146 valence electrons. The number of nitrogens with zero attached hydrogens (tertiary/aromatic N) is 1. The fourth-order valence-corrected chi connectivity index (χ4v) is 5.09. The zero-order valence-electron chi connectivity index (χ0n) is 15.5. The number of hydrogen-bond donors (Lipinski definition) is 0. The summed E-state index contributed by atoms with van der Waals surface area (Å²) in [5, 5.41) is 2.93. The third-order valence-corrected chi connectivity index (χ3v) is 6.92. The molecule has 0 radical (unpaired) electrons. The van der Waals surface area contributed by atoms with E-state index in [1.807, 2.05) is 36.4 Å². The first-order valence-electron chi connectivity index (χ1n) is 9.54. The van der Waals surface area contributed by atoms with Crippen molar-refractivity contribution in [2.75, 3.05) is 7.05 Å². The third-order valence-electron chi connectivity index (χ3n) is 5.75. The van der Waals surface area contributed by atoms with Crippen LogP contribution in [0.25, 0.3) is 0 Å². The monoisotopic (exact) mass is 443 g/mol. The average Bonchev–Trinajstić information content (AvgIpc) is 2.62. The van der Waals surface area contributed by atoms with Gasteiger partial charge in [0, 0.05) is 32.2 Å². The van der Waals surface area contributed by atoms with Crippen LogP contribution in [0.3, 0.4) is 0 Å². The number of benzene rings is 2. The molecule has 1 heterocycles. The lowest BCUT2D eigenvalue weighted by Gasteiger charge is -2.40. The molecule has 1 nitrogen and oxygen atoms in total. The molecule has 2 aromatic carbocycles. The maximum absolute atomic E-state index is 6.34. The van der Waals surface area contributed by atoms with Crippen LogP contribution in [0.5, 0.6) is 0 Å². The molecule has 27 heavy (non-hydrogen) atoms. The summed E-state index contributed by atoms with van der Waals surface area (Å²) in [6.07, 6.45) is 8.00. The Labute approximate surface area is 182 Å². The van der Waals surface area contributed by atoms with Gasteiger partial charge in [-0.2, -0.15) is 0 Å². The molecule has 0 N–H and O–H groups in total. The van der Waals surface area contributed by atoms with E-state index < -0.39 is 0 Å². The Morgan fingerprint density at radius 1 is 0.778 bits per heavy atom. The second-order valence-corrected chi connectivity index (χ2v) is 9.14. The van der Waals surface area contributed by atoms with Gasteiger partial charge in [-0.05, 0) is 81.0 Å². The van der Waals surface area contributed by atoms with Gasteiger partial charge < -0.3 is 4.90 Å². The van der Waals surface area contributed by atoms with Crippen molar-refractivity contribution in [1.82, 2.24) is 4.90 Å². The van der Waals surface area contributed by atoms with Gasteiger partial charge >= 0.3 is 0 Å². The van der Waals surface area contributed by atoms with Gasteiger partial charge in [0.05, 0.1) is 0 Å². The molecular formula is C22H25Cl4N. The maximum Gasteiger partial charge on any atom is 0.0452 e. The van der Waals surface area contributed by atoms with Gasteiger partial charge in [0.25, 0.3) is 0 Å². The molecule has 0 aliphatic carbocycles. The van der Waals surface area contributed by atoms with Crippen molar-refractivity contribution in [3.8, 4) is 0 Å². The van der Waals surface area contributed by atoms with Crippen LogP contribution in [-0.4, -0.2) is 24.0 Å².